The Kier molecular flexibility index (Phi) is 6.70. The van der Waals surface area contributed by atoms with Crippen LogP contribution in [0.15, 0.2) is 48.5 Å². The molecule has 148 valence electrons. The van der Waals surface area contributed by atoms with Gasteiger partial charge in [-0.25, -0.2) is 4.79 Å². The van der Waals surface area contributed by atoms with Gasteiger partial charge in [-0.1, -0.05) is 41.9 Å². The molecule has 0 bridgehead atoms. The number of hydrogen-bond acceptors (Lipinski definition) is 4. The maximum atomic E-state index is 12.5. The lowest BCUT2D eigenvalue weighted by molar-refractivity contribution is -0.128. The van der Waals surface area contributed by atoms with Crippen molar-refractivity contribution in [2.75, 3.05) is 38.3 Å². The van der Waals surface area contributed by atoms with Crippen LogP contribution in [0.1, 0.15) is 10.9 Å². The monoisotopic (exact) mass is 419 g/mol. The second-order valence-electron chi connectivity index (χ2n) is 6.32. The summed E-state index contributed by atoms with van der Waals surface area (Å²) in [6.07, 6.45) is 0. The van der Waals surface area contributed by atoms with Crippen molar-refractivity contribution in [2.45, 2.75) is 5.37 Å². The van der Waals surface area contributed by atoms with Gasteiger partial charge in [0, 0.05) is 30.7 Å². The third-order valence-electron chi connectivity index (χ3n) is 4.51. The fourth-order valence-electron chi connectivity index (χ4n) is 2.95. The van der Waals surface area contributed by atoms with Gasteiger partial charge in [0.15, 0.2) is 0 Å². The topological polar surface area (TPSA) is 61.9 Å². The minimum atomic E-state index is -0.266. The number of benzene rings is 2. The minimum Gasteiger partial charge on any atom is -0.495 e. The fourth-order valence-corrected chi connectivity index (χ4v) is 4.50. The van der Waals surface area contributed by atoms with Crippen molar-refractivity contribution in [1.82, 2.24) is 9.80 Å². The van der Waals surface area contributed by atoms with E-state index in [2.05, 4.69) is 5.32 Å². The molecule has 0 saturated carbocycles. The number of rotatable bonds is 6. The lowest BCUT2D eigenvalue weighted by Gasteiger charge is -2.27. The molecule has 3 amide bonds. The molecule has 0 aliphatic carbocycles. The fraction of sp³-hybridized carbons (Fsp3) is 0.300. The smallest absolute Gasteiger partial charge is 0.321 e. The molecule has 2 aromatic rings. The van der Waals surface area contributed by atoms with Crippen LogP contribution in [-0.4, -0.2) is 54.7 Å². The van der Waals surface area contributed by atoms with Crippen molar-refractivity contribution in [2.24, 2.45) is 0 Å². The average Bonchev–Trinajstić information content (AvgIpc) is 3.07. The number of nitrogens with zero attached hydrogens (tertiary/aromatic N) is 2. The Balaban J connectivity index is 1.62. The summed E-state index contributed by atoms with van der Waals surface area (Å²) in [6.45, 7) is 0.825. The van der Waals surface area contributed by atoms with Crippen LogP contribution in [-0.2, 0) is 4.79 Å². The van der Waals surface area contributed by atoms with E-state index in [1.165, 1.54) is 0 Å². The van der Waals surface area contributed by atoms with Crippen LogP contribution in [0.25, 0.3) is 0 Å². The van der Waals surface area contributed by atoms with Crippen molar-refractivity contribution >= 4 is 41.0 Å². The molecule has 0 spiro atoms. The van der Waals surface area contributed by atoms with E-state index in [1.807, 2.05) is 36.4 Å². The maximum absolute atomic E-state index is 12.5. The van der Waals surface area contributed by atoms with Crippen molar-refractivity contribution in [3.8, 4) is 5.75 Å². The highest BCUT2D eigenvalue weighted by Crippen LogP contribution is 2.41. The van der Waals surface area contributed by atoms with Crippen molar-refractivity contribution in [3.63, 3.8) is 0 Å². The van der Waals surface area contributed by atoms with Gasteiger partial charge in [0.1, 0.15) is 11.1 Å². The lowest BCUT2D eigenvalue weighted by Crippen LogP contribution is -2.39. The first-order valence-corrected chi connectivity index (χ1v) is 10.2. The van der Waals surface area contributed by atoms with E-state index < -0.39 is 0 Å². The van der Waals surface area contributed by atoms with E-state index in [1.54, 1.807) is 47.9 Å². The standard InChI is InChI=1S/C20H22ClN3O3S/c1-23(20(26)22-16-9-5-6-10-17(16)27-2)11-12-24-18(25)13-28-19(24)14-7-3-4-8-15(14)21/h3-10,19H,11-13H2,1-2H3,(H,22,26). The zero-order chi connectivity index (χ0) is 20.1. The summed E-state index contributed by atoms with van der Waals surface area (Å²) in [7, 11) is 3.25. The highest BCUT2D eigenvalue weighted by Gasteiger charge is 2.33. The Labute approximate surface area is 173 Å². The maximum Gasteiger partial charge on any atom is 0.321 e. The Morgan fingerprint density at radius 1 is 1.29 bits per heavy atom. The summed E-state index contributed by atoms with van der Waals surface area (Å²) in [5, 5.41) is 3.34. The number of ether oxygens (including phenoxy) is 1. The molecule has 0 radical (unpaired) electrons. The van der Waals surface area contributed by atoms with Crippen molar-refractivity contribution in [3.05, 3.63) is 59.1 Å². The minimum absolute atomic E-state index is 0.0495. The van der Waals surface area contributed by atoms with Gasteiger partial charge in [-0.3, -0.25) is 4.79 Å². The molecule has 6 nitrogen and oxygen atoms in total. The number of nitrogens with one attached hydrogen (secondary N) is 1. The van der Waals surface area contributed by atoms with Crippen LogP contribution < -0.4 is 10.1 Å². The lowest BCUT2D eigenvalue weighted by atomic mass is 10.2. The number of anilines is 1. The molecule has 1 unspecified atom stereocenters. The van der Waals surface area contributed by atoms with E-state index in [4.69, 9.17) is 16.3 Å². The molecule has 1 saturated heterocycles. The van der Waals surface area contributed by atoms with Gasteiger partial charge >= 0.3 is 6.03 Å². The molecule has 1 atom stereocenters. The Morgan fingerprint density at radius 2 is 2.00 bits per heavy atom. The highest BCUT2D eigenvalue weighted by atomic mass is 35.5. The number of methoxy groups -OCH3 is 1. The second kappa shape index (κ2) is 9.21. The molecule has 28 heavy (non-hydrogen) atoms. The van der Waals surface area contributed by atoms with E-state index in [0.29, 0.717) is 35.3 Å². The number of carbonyl (C=O) groups excluding carboxylic acids is 2. The van der Waals surface area contributed by atoms with Crippen LogP contribution in [0.3, 0.4) is 0 Å². The molecular weight excluding hydrogens is 398 g/mol. The summed E-state index contributed by atoms with van der Waals surface area (Å²) in [5.74, 6) is 1.05. The second-order valence-corrected chi connectivity index (χ2v) is 7.80. The molecule has 8 heteroatoms. The molecule has 3 rings (SSSR count). The molecule has 2 aromatic carbocycles. The van der Waals surface area contributed by atoms with Crippen LogP contribution >= 0.6 is 23.4 Å². The van der Waals surface area contributed by atoms with Crippen LogP contribution in [0.5, 0.6) is 5.75 Å². The van der Waals surface area contributed by atoms with Gasteiger partial charge in [-0.15, -0.1) is 11.8 Å². The summed E-state index contributed by atoms with van der Waals surface area (Å²) < 4.78 is 5.25. The summed E-state index contributed by atoms with van der Waals surface area (Å²) in [4.78, 5) is 28.2. The number of halogens is 1. The average molecular weight is 420 g/mol. The number of para-hydroxylation sites is 2. The van der Waals surface area contributed by atoms with E-state index >= 15 is 0 Å². The molecule has 0 aromatic heterocycles. The number of carbonyl (C=O) groups is 2. The number of urea groups is 1. The Bertz CT molecular complexity index is 864. The van der Waals surface area contributed by atoms with Crippen LogP contribution in [0, 0.1) is 0 Å². The third-order valence-corrected chi connectivity index (χ3v) is 6.09. The van der Waals surface area contributed by atoms with Gasteiger partial charge < -0.3 is 19.9 Å². The number of amides is 3. The zero-order valence-corrected chi connectivity index (χ0v) is 17.3. The van der Waals surface area contributed by atoms with Gasteiger partial charge in [-0.05, 0) is 18.2 Å². The molecule has 1 N–H and O–H groups in total. The summed E-state index contributed by atoms with van der Waals surface area (Å²) in [5.41, 5.74) is 1.52. The SMILES string of the molecule is COc1ccccc1NC(=O)N(C)CCN1C(=O)CSC1c1ccccc1Cl. The molecular formula is C20H22ClN3O3S. The zero-order valence-electron chi connectivity index (χ0n) is 15.7. The number of thioether (sulfide) groups is 1. The summed E-state index contributed by atoms with van der Waals surface area (Å²) >= 11 is 7.86. The van der Waals surface area contributed by atoms with Gasteiger partial charge in [-0.2, -0.15) is 0 Å². The number of likely N-dealkylation sites (N-methyl/N-ethyl adjacent to an activating group) is 1. The Hall–Kier alpha value is -2.38. The normalized spacial score (nSPS) is 16.2. The Morgan fingerprint density at radius 3 is 2.75 bits per heavy atom. The van der Waals surface area contributed by atoms with Crippen LogP contribution in [0.4, 0.5) is 10.5 Å². The first-order valence-electron chi connectivity index (χ1n) is 8.82. The van der Waals surface area contributed by atoms with E-state index in [9.17, 15) is 9.59 Å². The third kappa shape index (κ3) is 4.54. The summed E-state index contributed by atoms with van der Waals surface area (Å²) in [6, 6.07) is 14.5. The highest BCUT2D eigenvalue weighted by molar-refractivity contribution is 8.00. The van der Waals surface area contributed by atoms with E-state index in [0.717, 1.165) is 5.56 Å². The first kappa shape index (κ1) is 20.4. The van der Waals surface area contributed by atoms with Crippen molar-refractivity contribution in [1.29, 1.82) is 0 Å². The predicted molar refractivity (Wildman–Crippen MR) is 113 cm³/mol. The molecule has 1 aliphatic rings. The molecule has 1 aliphatic heterocycles. The largest absolute Gasteiger partial charge is 0.495 e. The predicted octanol–water partition coefficient (Wildman–Crippen LogP) is 4.09. The molecule has 1 fully saturated rings. The molecule has 1 heterocycles. The number of hydrogen-bond donors (Lipinski definition) is 1. The van der Waals surface area contributed by atoms with Gasteiger partial charge in [0.05, 0.1) is 18.6 Å². The van der Waals surface area contributed by atoms with E-state index in [-0.39, 0.29) is 17.3 Å². The van der Waals surface area contributed by atoms with Crippen LogP contribution in [0.2, 0.25) is 5.02 Å². The first-order chi connectivity index (χ1) is 13.5. The van der Waals surface area contributed by atoms with Gasteiger partial charge in [0.2, 0.25) is 5.91 Å². The van der Waals surface area contributed by atoms with Gasteiger partial charge in [0.25, 0.3) is 0 Å². The quantitative estimate of drug-likeness (QED) is 0.766. The van der Waals surface area contributed by atoms with Crippen molar-refractivity contribution < 1.29 is 14.3 Å².